The first kappa shape index (κ1) is 9.52. The van der Waals surface area contributed by atoms with Crippen LogP contribution in [0.1, 0.15) is 33.6 Å². The summed E-state index contributed by atoms with van der Waals surface area (Å²) in [4.78, 5) is 0. The van der Waals surface area contributed by atoms with Crippen LogP contribution < -0.4 is 0 Å². The van der Waals surface area contributed by atoms with Crippen molar-refractivity contribution in [1.82, 2.24) is 0 Å². The molecule has 0 rings (SSSR count). The van der Waals surface area contributed by atoms with Gasteiger partial charge in [-0.1, -0.05) is 12.8 Å². The molecular formula is C9H16O. The molecule has 58 valence electrons. The molecule has 0 heterocycles. The number of rotatable bonds is 2. The van der Waals surface area contributed by atoms with E-state index in [-0.39, 0.29) is 5.60 Å². The number of unbranched alkanes of at least 4 members (excludes halogenated alkanes) is 1. The van der Waals surface area contributed by atoms with Crippen LogP contribution in [0.2, 0.25) is 0 Å². The van der Waals surface area contributed by atoms with E-state index in [1.165, 1.54) is 0 Å². The van der Waals surface area contributed by atoms with Crippen molar-refractivity contribution in [2.75, 3.05) is 7.11 Å². The standard InChI is InChI=1S/C9H16O/c1-5-6-7-8-9(2,3)10-4/h5-6H2,1-4H3. The number of ether oxygens (including phenoxy) is 1. The predicted octanol–water partition coefficient (Wildman–Crippen LogP) is 2.21. The van der Waals surface area contributed by atoms with E-state index in [0.717, 1.165) is 12.8 Å². The molecule has 0 radical (unpaired) electrons. The van der Waals surface area contributed by atoms with Crippen molar-refractivity contribution in [1.29, 1.82) is 0 Å². The van der Waals surface area contributed by atoms with Crippen LogP contribution in [0.25, 0.3) is 0 Å². The van der Waals surface area contributed by atoms with Gasteiger partial charge >= 0.3 is 0 Å². The van der Waals surface area contributed by atoms with Crippen LogP contribution in [0.4, 0.5) is 0 Å². The third-order valence-corrected chi connectivity index (χ3v) is 1.27. The molecule has 0 aromatic rings. The maximum absolute atomic E-state index is 5.11. The number of hydrogen-bond donors (Lipinski definition) is 0. The van der Waals surface area contributed by atoms with Crippen LogP contribution in [-0.2, 0) is 4.74 Å². The Hall–Kier alpha value is -0.480. The first-order valence-electron chi connectivity index (χ1n) is 3.67. The van der Waals surface area contributed by atoms with Gasteiger partial charge < -0.3 is 4.74 Å². The van der Waals surface area contributed by atoms with E-state index >= 15 is 0 Å². The Labute approximate surface area is 63.8 Å². The molecule has 0 fully saturated rings. The van der Waals surface area contributed by atoms with Crippen molar-refractivity contribution in [3.05, 3.63) is 0 Å². The van der Waals surface area contributed by atoms with Gasteiger partial charge in [-0.25, -0.2) is 0 Å². The topological polar surface area (TPSA) is 9.23 Å². The van der Waals surface area contributed by atoms with E-state index in [4.69, 9.17) is 4.74 Å². The van der Waals surface area contributed by atoms with Crippen molar-refractivity contribution in [3.8, 4) is 11.8 Å². The lowest BCUT2D eigenvalue weighted by atomic mass is 10.1. The Morgan fingerprint density at radius 3 is 2.40 bits per heavy atom. The fourth-order valence-corrected chi connectivity index (χ4v) is 0.451. The highest BCUT2D eigenvalue weighted by Gasteiger charge is 2.09. The Balaban J connectivity index is 3.77. The molecule has 1 heteroatoms. The fourth-order valence-electron chi connectivity index (χ4n) is 0.451. The average Bonchev–Trinajstić information content (AvgIpc) is 1.89. The highest BCUT2D eigenvalue weighted by atomic mass is 16.5. The lowest BCUT2D eigenvalue weighted by molar-refractivity contribution is 0.0741. The van der Waals surface area contributed by atoms with Crippen LogP contribution in [0.3, 0.4) is 0 Å². The second-order valence-corrected chi connectivity index (χ2v) is 2.77. The molecule has 0 saturated carbocycles. The summed E-state index contributed by atoms with van der Waals surface area (Å²) in [6.07, 6.45) is 2.08. The molecule has 0 amide bonds. The number of hydrogen-bond acceptors (Lipinski definition) is 1. The summed E-state index contributed by atoms with van der Waals surface area (Å²) in [6.45, 7) is 6.06. The Morgan fingerprint density at radius 1 is 1.40 bits per heavy atom. The average molecular weight is 140 g/mol. The van der Waals surface area contributed by atoms with E-state index < -0.39 is 0 Å². The van der Waals surface area contributed by atoms with Crippen LogP contribution in [0.5, 0.6) is 0 Å². The summed E-state index contributed by atoms with van der Waals surface area (Å²) >= 11 is 0. The lowest BCUT2D eigenvalue weighted by Gasteiger charge is -2.13. The fraction of sp³-hybridized carbons (Fsp3) is 0.778. The van der Waals surface area contributed by atoms with Gasteiger partial charge in [-0.3, -0.25) is 0 Å². The molecule has 0 saturated heterocycles. The Bertz CT molecular complexity index is 137. The van der Waals surface area contributed by atoms with Gasteiger partial charge in [0, 0.05) is 13.5 Å². The molecule has 0 aliphatic heterocycles. The minimum atomic E-state index is -0.269. The lowest BCUT2D eigenvalue weighted by Crippen LogP contribution is -2.19. The minimum Gasteiger partial charge on any atom is -0.366 e. The second-order valence-electron chi connectivity index (χ2n) is 2.77. The first-order valence-corrected chi connectivity index (χ1v) is 3.67. The van der Waals surface area contributed by atoms with Gasteiger partial charge in [0.15, 0.2) is 0 Å². The van der Waals surface area contributed by atoms with Crippen molar-refractivity contribution in [2.24, 2.45) is 0 Å². The van der Waals surface area contributed by atoms with E-state index in [9.17, 15) is 0 Å². The van der Waals surface area contributed by atoms with Crippen LogP contribution >= 0.6 is 0 Å². The minimum absolute atomic E-state index is 0.269. The van der Waals surface area contributed by atoms with Gasteiger partial charge in [0.2, 0.25) is 0 Å². The smallest absolute Gasteiger partial charge is 0.122 e. The molecule has 0 atom stereocenters. The molecule has 1 nitrogen and oxygen atoms in total. The third-order valence-electron chi connectivity index (χ3n) is 1.27. The molecular weight excluding hydrogens is 124 g/mol. The quantitative estimate of drug-likeness (QED) is 0.534. The van der Waals surface area contributed by atoms with Gasteiger partial charge in [-0.15, -0.1) is 5.92 Å². The van der Waals surface area contributed by atoms with E-state index in [2.05, 4.69) is 18.8 Å². The SMILES string of the molecule is CCCC#CC(C)(C)OC. The second kappa shape index (κ2) is 4.35. The first-order chi connectivity index (χ1) is 4.62. The highest BCUT2D eigenvalue weighted by molar-refractivity contribution is 5.10. The molecule has 10 heavy (non-hydrogen) atoms. The molecule has 0 aliphatic carbocycles. The van der Waals surface area contributed by atoms with Crippen LogP contribution in [-0.4, -0.2) is 12.7 Å². The molecule has 0 aromatic carbocycles. The van der Waals surface area contributed by atoms with Gasteiger partial charge in [0.05, 0.1) is 0 Å². The van der Waals surface area contributed by atoms with Gasteiger partial charge in [0.1, 0.15) is 5.60 Å². The zero-order chi connectivity index (χ0) is 8.04. The van der Waals surface area contributed by atoms with Crippen molar-refractivity contribution < 1.29 is 4.74 Å². The summed E-state index contributed by atoms with van der Waals surface area (Å²) in [6, 6.07) is 0. The Kier molecular flexibility index (Phi) is 4.14. The molecule has 0 spiro atoms. The molecule has 0 aliphatic rings. The van der Waals surface area contributed by atoms with Gasteiger partial charge in [0.25, 0.3) is 0 Å². The van der Waals surface area contributed by atoms with E-state index in [0.29, 0.717) is 0 Å². The monoisotopic (exact) mass is 140 g/mol. The van der Waals surface area contributed by atoms with Crippen LogP contribution in [0.15, 0.2) is 0 Å². The molecule has 0 unspecified atom stereocenters. The van der Waals surface area contributed by atoms with Gasteiger partial charge in [-0.2, -0.15) is 0 Å². The van der Waals surface area contributed by atoms with Crippen molar-refractivity contribution in [2.45, 2.75) is 39.2 Å². The normalized spacial score (nSPS) is 10.4. The zero-order valence-electron chi connectivity index (χ0n) is 7.32. The largest absolute Gasteiger partial charge is 0.366 e. The van der Waals surface area contributed by atoms with Gasteiger partial charge in [-0.05, 0) is 20.3 Å². The summed E-state index contributed by atoms with van der Waals surface area (Å²) in [5.74, 6) is 6.09. The van der Waals surface area contributed by atoms with Crippen LogP contribution in [0, 0.1) is 11.8 Å². The molecule has 0 bridgehead atoms. The summed E-state index contributed by atoms with van der Waals surface area (Å²) in [5, 5.41) is 0. The maximum atomic E-state index is 5.11. The highest BCUT2D eigenvalue weighted by Crippen LogP contribution is 2.04. The Morgan fingerprint density at radius 2 is 2.00 bits per heavy atom. The molecule has 0 N–H and O–H groups in total. The maximum Gasteiger partial charge on any atom is 0.122 e. The predicted molar refractivity (Wildman–Crippen MR) is 43.8 cm³/mol. The van der Waals surface area contributed by atoms with E-state index in [1.54, 1.807) is 7.11 Å². The van der Waals surface area contributed by atoms with Crippen molar-refractivity contribution in [3.63, 3.8) is 0 Å². The summed E-state index contributed by atoms with van der Waals surface area (Å²) < 4.78 is 5.11. The summed E-state index contributed by atoms with van der Waals surface area (Å²) in [5.41, 5.74) is -0.269. The summed E-state index contributed by atoms with van der Waals surface area (Å²) in [7, 11) is 1.68. The van der Waals surface area contributed by atoms with E-state index in [1.807, 2.05) is 13.8 Å². The third kappa shape index (κ3) is 4.40. The molecule has 0 aromatic heterocycles. The van der Waals surface area contributed by atoms with Crippen molar-refractivity contribution >= 4 is 0 Å². The number of methoxy groups -OCH3 is 1. The zero-order valence-corrected chi connectivity index (χ0v) is 7.32.